The molecule has 0 saturated carbocycles. The fraction of sp³-hybridized carbons (Fsp3) is 0.235. The van der Waals surface area contributed by atoms with E-state index in [0.29, 0.717) is 10.0 Å². The Kier molecular flexibility index (Phi) is 4.02. The summed E-state index contributed by atoms with van der Waals surface area (Å²) in [5, 5.41) is 0. The summed E-state index contributed by atoms with van der Waals surface area (Å²) in [6, 6.07) is 10.5. The largest absolute Gasteiger partial charge is 0.496 e. The maximum atomic E-state index is 13.9. The zero-order chi connectivity index (χ0) is 16.6. The topological polar surface area (TPSA) is 56.8 Å². The number of rotatable bonds is 3. The highest BCUT2D eigenvalue weighted by Gasteiger charge is 2.40. The fourth-order valence-corrected chi connectivity index (χ4v) is 3.29. The number of halogens is 2. The van der Waals surface area contributed by atoms with E-state index in [4.69, 9.17) is 15.2 Å². The third-order valence-corrected chi connectivity index (χ3v) is 4.40. The van der Waals surface area contributed by atoms with Gasteiger partial charge in [-0.3, -0.25) is 0 Å². The number of amidine groups is 1. The molecule has 3 rings (SSSR count). The summed E-state index contributed by atoms with van der Waals surface area (Å²) in [5.74, 6) is 0.430. The van der Waals surface area contributed by atoms with Crippen LogP contribution < -0.4 is 10.5 Å². The van der Waals surface area contributed by atoms with Crippen LogP contribution in [0.2, 0.25) is 0 Å². The maximum Gasteiger partial charge on any atom is 0.283 e. The second kappa shape index (κ2) is 5.85. The Morgan fingerprint density at radius 1 is 1.26 bits per heavy atom. The minimum Gasteiger partial charge on any atom is -0.496 e. The number of benzene rings is 2. The summed E-state index contributed by atoms with van der Waals surface area (Å²) < 4.78 is 25.2. The summed E-state index contributed by atoms with van der Waals surface area (Å²) in [7, 11) is 1.62. The highest BCUT2D eigenvalue weighted by Crippen LogP contribution is 2.40. The van der Waals surface area contributed by atoms with Crippen molar-refractivity contribution in [3.8, 4) is 5.75 Å². The summed E-state index contributed by atoms with van der Waals surface area (Å²) in [5.41, 5.74) is 7.39. The second-order valence-corrected chi connectivity index (χ2v) is 6.36. The highest BCUT2D eigenvalue weighted by molar-refractivity contribution is 9.10. The van der Waals surface area contributed by atoms with Gasteiger partial charge in [-0.15, -0.1) is 0 Å². The standard InChI is InChI=1S/C17H16BrFN2O2/c1-10-5-11(3-4-15(10)22-2)17(9-23-16(20)21-17)12-6-13(18)8-14(19)7-12/h3-8H,9H2,1-2H3,(H2,20,21). The van der Waals surface area contributed by atoms with Gasteiger partial charge in [-0.05, 0) is 53.9 Å². The molecule has 1 atom stereocenters. The van der Waals surface area contributed by atoms with Gasteiger partial charge in [0.1, 0.15) is 18.2 Å². The minimum absolute atomic E-state index is 0.0962. The lowest BCUT2D eigenvalue weighted by molar-refractivity contribution is 0.278. The van der Waals surface area contributed by atoms with Crippen molar-refractivity contribution in [1.82, 2.24) is 0 Å². The molecule has 0 amide bonds. The summed E-state index contributed by atoms with van der Waals surface area (Å²) >= 11 is 3.33. The van der Waals surface area contributed by atoms with Gasteiger partial charge in [0.15, 0.2) is 5.54 Å². The molecule has 2 N–H and O–H groups in total. The quantitative estimate of drug-likeness (QED) is 0.888. The Labute approximate surface area is 142 Å². The number of aryl methyl sites for hydroxylation is 1. The lowest BCUT2D eigenvalue weighted by Gasteiger charge is -2.26. The molecule has 0 aliphatic carbocycles. The van der Waals surface area contributed by atoms with E-state index >= 15 is 0 Å². The number of aliphatic imine (C=N–C) groups is 1. The first-order valence-corrected chi connectivity index (χ1v) is 7.84. The minimum atomic E-state index is -0.869. The normalized spacial score (nSPS) is 20.1. The van der Waals surface area contributed by atoms with Gasteiger partial charge in [0.2, 0.25) is 0 Å². The molecule has 1 unspecified atom stereocenters. The van der Waals surface area contributed by atoms with Crippen LogP contribution in [0.15, 0.2) is 45.9 Å². The SMILES string of the molecule is COc1ccc(C2(c3cc(F)cc(Br)c3)COC(N)=N2)cc1C. The molecular weight excluding hydrogens is 363 g/mol. The van der Waals surface area contributed by atoms with Gasteiger partial charge in [-0.25, -0.2) is 9.38 Å². The Bertz CT molecular complexity index is 774. The average Bonchev–Trinajstić information content (AvgIpc) is 2.89. The molecule has 23 heavy (non-hydrogen) atoms. The zero-order valence-corrected chi connectivity index (χ0v) is 14.4. The van der Waals surface area contributed by atoms with Gasteiger partial charge in [-0.1, -0.05) is 22.0 Å². The predicted molar refractivity (Wildman–Crippen MR) is 90.2 cm³/mol. The van der Waals surface area contributed by atoms with Crippen LogP contribution >= 0.6 is 15.9 Å². The number of nitrogens with zero attached hydrogens (tertiary/aromatic N) is 1. The molecule has 0 radical (unpaired) electrons. The molecule has 0 aromatic heterocycles. The molecule has 4 nitrogen and oxygen atoms in total. The van der Waals surface area contributed by atoms with Crippen LogP contribution in [0.4, 0.5) is 4.39 Å². The Morgan fingerprint density at radius 3 is 2.61 bits per heavy atom. The van der Waals surface area contributed by atoms with Crippen LogP contribution in [0.1, 0.15) is 16.7 Å². The third kappa shape index (κ3) is 2.79. The van der Waals surface area contributed by atoms with Crippen LogP contribution in [0.5, 0.6) is 5.75 Å². The van der Waals surface area contributed by atoms with Gasteiger partial charge in [0.25, 0.3) is 6.02 Å². The zero-order valence-electron chi connectivity index (χ0n) is 12.8. The molecular formula is C17H16BrFN2O2. The fourth-order valence-electron chi connectivity index (χ4n) is 2.82. The molecule has 0 saturated heterocycles. The van der Waals surface area contributed by atoms with E-state index in [2.05, 4.69) is 20.9 Å². The van der Waals surface area contributed by atoms with Crippen LogP contribution in [0.25, 0.3) is 0 Å². The van der Waals surface area contributed by atoms with E-state index in [1.54, 1.807) is 7.11 Å². The van der Waals surface area contributed by atoms with Crippen molar-refractivity contribution in [1.29, 1.82) is 0 Å². The monoisotopic (exact) mass is 378 g/mol. The molecule has 6 heteroatoms. The maximum absolute atomic E-state index is 13.9. The summed E-state index contributed by atoms with van der Waals surface area (Å²) in [4.78, 5) is 4.48. The van der Waals surface area contributed by atoms with Crippen molar-refractivity contribution in [2.24, 2.45) is 10.7 Å². The molecule has 1 aliphatic rings. The highest BCUT2D eigenvalue weighted by atomic mass is 79.9. The first-order valence-electron chi connectivity index (χ1n) is 7.04. The summed E-state index contributed by atoms with van der Waals surface area (Å²) in [6.45, 7) is 2.17. The number of methoxy groups -OCH3 is 1. The first kappa shape index (κ1) is 15.8. The van der Waals surface area contributed by atoms with Crippen molar-refractivity contribution in [2.45, 2.75) is 12.5 Å². The molecule has 1 heterocycles. The molecule has 0 fully saturated rings. The molecule has 0 bridgehead atoms. The van der Waals surface area contributed by atoms with E-state index in [-0.39, 0.29) is 18.4 Å². The number of ether oxygens (including phenoxy) is 2. The van der Waals surface area contributed by atoms with Crippen LogP contribution in [0.3, 0.4) is 0 Å². The number of nitrogens with two attached hydrogens (primary N) is 1. The van der Waals surface area contributed by atoms with E-state index in [1.165, 1.54) is 12.1 Å². The van der Waals surface area contributed by atoms with E-state index in [0.717, 1.165) is 16.9 Å². The average molecular weight is 379 g/mol. The van der Waals surface area contributed by atoms with Crippen molar-refractivity contribution < 1.29 is 13.9 Å². The molecule has 1 aliphatic heterocycles. The van der Waals surface area contributed by atoms with Crippen molar-refractivity contribution in [2.75, 3.05) is 13.7 Å². The van der Waals surface area contributed by atoms with Gasteiger partial charge < -0.3 is 15.2 Å². The van der Waals surface area contributed by atoms with Crippen LogP contribution in [-0.2, 0) is 10.3 Å². The predicted octanol–water partition coefficient (Wildman–Crippen LogP) is 3.49. The number of hydrogen-bond acceptors (Lipinski definition) is 4. The van der Waals surface area contributed by atoms with Gasteiger partial charge in [0.05, 0.1) is 7.11 Å². The van der Waals surface area contributed by atoms with Crippen molar-refractivity contribution in [3.05, 3.63) is 63.4 Å². The smallest absolute Gasteiger partial charge is 0.283 e. The van der Waals surface area contributed by atoms with Crippen LogP contribution in [-0.4, -0.2) is 19.7 Å². The third-order valence-electron chi connectivity index (χ3n) is 3.94. The Hall–Kier alpha value is -2.08. The van der Waals surface area contributed by atoms with Gasteiger partial charge in [-0.2, -0.15) is 0 Å². The lowest BCUT2D eigenvalue weighted by atomic mass is 9.83. The van der Waals surface area contributed by atoms with Crippen molar-refractivity contribution >= 4 is 22.0 Å². The molecule has 2 aromatic carbocycles. The van der Waals surface area contributed by atoms with E-state index in [1.807, 2.05) is 31.2 Å². The number of hydrogen-bond donors (Lipinski definition) is 1. The molecule has 0 spiro atoms. The van der Waals surface area contributed by atoms with E-state index < -0.39 is 5.54 Å². The molecule has 120 valence electrons. The Balaban J connectivity index is 2.20. The van der Waals surface area contributed by atoms with Gasteiger partial charge >= 0.3 is 0 Å². The first-order chi connectivity index (χ1) is 10.9. The lowest BCUT2D eigenvalue weighted by Crippen LogP contribution is -2.27. The Morgan fingerprint density at radius 2 is 2.04 bits per heavy atom. The van der Waals surface area contributed by atoms with E-state index in [9.17, 15) is 4.39 Å². The van der Waals surface area contributed by atoms with Crippen LogP contribution in [0, 0.1) is 12.7 Å². The second-order valence-electron chi connectivity index (χ2n) is 5.44. The summed E-state index contributed by atoms with van der Waals surface area (Å²) in [6.07, 6.45) is 0. The van der Waals surface area contributed by atoms with Gasteiger partial charge in [0, 0.05) is 4.47 Å². The van der Waals surface area contributed by atoms with Crippen molar-refractivity contribution in [3.63, 3.8) is 0 Å². The molecule has 2 aromatic rings.